The molecule has 0 saturated carbocycles. The predicted octanol–water partition coefficient (Wildman–Crippen LogP) is 4.19. The van der Waals surface area contributed by atoms with Gasteiger partial charge < -0.3 is 4.57 Å². The van der Waals surface area contributed by atoms with Gasteiger partial charge in [0.1, 0.15) is 11.6 Å². The van der Waals surface area contributed by atoms with E-state index in [4.69, 9.17) is 4.98 Å². The van der Waals surface area contributed by atoms with Gasteiger partial charge in [-0.3, -0.25) is 19.5 Å². The van der Waals surface area contributed by atoms with Gasteiger partial charge in [0.2, 0.25) is 11.0 Å². The lowest BCUT2D eigenvalue weighted by atomic mass is 10.0. The van der Waals surface area contributed by atoms with Gasteiger partial charge in [0, 0.05) is 23.4 Å². The highest BCUT2D eigenvalue weighted by Crippen LogP contribution is 2.36. The van der Waals surface area contributed by atoms with Gasteiger partial charge in [-0.1, -0.05) is 55.5 Å². The van der Waals surface area contributed by atoms with Crippen molar-refractivity contribution in [1.29, 1.82) is 0 Å². The fourth-order valence-corrected chi connectivity index (χ4v) is 5.41. The number of benzene rings is 2. The molecule has 2 aromatic carbocycles. The number of para-hydroxylation sites is 2. The van der Waals surface area contributed by atoms with Gasteiger partial charge in [-0.25, -0.2) is 4.98 Å². The van der Waals surface area contributed by atoms with Gasteiger partial charge >= 0.3 is 0 Å². The van der Waals surface area contributed by atoms with Crippen LogP contribution in [0.2, 0.25) is 0 Å². The van der Waals surface area contributed by atoms with Crippen LogP contribution in [-0.2, 0) is 24.3 Å². The van der Waals surface area contributed by atoms with Crippen LogP contribution in [0.4, 0.5) is 5.13 Å². The summed E-state index contributed by atoms with van der Waals surface area (Å²) in [6.07, 6.45) is 0.700. The zero-order chi connectivity index (χ0) is 23.4. The Labute approximate surface area is 198 Å². The summed E-state index contributed by atoms with van der Waals surface area (Å²) in [7, 11) is 0. The molecule has 170 valence electrons. The lowest BCUT2D eigenvalue weighted by Gasteiger charge is -2.21. The number of fused-ring (bicyclic) bond motifs is 6. The van der Waals surface area contributed by atoms with Gasteiger partial charge in [-0.15, -0.1) is 10.2 Å². The van der Waals surface area contributed by atoms with Crippen LogP contribution in [0.3, 0.4) is 0 Å². The third-order valence-electron chi connectivity index (χ3n) is 6.22. The third-order valence-corrected chi connectivity index (χ3v) is 7.36. The predicted molar refractivity (Wildman–Crippen MR) is 133 cm³/mol. The number of hydrogen-bond acceptors (Lipinski definition) is 6. The van der Waals surface area contributed by atoms with Crippen molar-refractivity contribution in [3.63, 3.8) is 0 Å². The van der Waals surface area contributed by atoms with Crippen LogP contribution in [0.15, 0.2) is 53.3 Å². The number of aryl methyl sites for hydroxylation is 1. The summed E-state index contributed by atoms with van der Waals surface area (Å²) in [4.78, 5) is 31.2. The molecule has 0 unspecified atom stereocenters. The number of carbonyl (C=O) groups excluding carboxylic acids is 1. The van der Waals surface area contributed by atoms with E-state index in [1.807, 2.05) is 60.9 Å². The first kappa shape index (κ1) is 20.7. The minimum atomic E-state index is -0.199. The summed E-state index contributed by atoms with van der Waals surface area (Å²) < 4.78 is 3.70. The van der Waals surface area contributed by atoms with Crippen molar-refractivity contribution in [1.82, 2.24) is 24.3 Å². The minimum absolute atomic E-state index is 0.0532. The highest BCUT2D eigenvalue weighted by atomic mass is 32.1. The van der Waals surface area contributed by atoms with Crippen molar-refractivity contribution in [3.8, 4) is 11.5 Å². The van der Waals surface area contributed by atoms with E-state index < -0.39 is 0 Å². The Bertz CT molecular complexity index is 1640. The maximum atomic E-state index is 13.3. The average Bonchev–Trinajstić information content (AvgIpc) is 3.43. The summed E-state index contributed by atoms with van der Waals surface area (Å²) in [5.74, 6) is 0.654. The average molecular weight is 471 g/mol. The Morgan fingerprint density at radius 2 is 1.85 bits per heavy atom. The molecule has 1 N–H and O–H groups in total. The lowest BCUT2D eigenvalue weighted by Crippen LogP contribution is -2.29. The largest absolute Gasteiger partial charge is 0.328 e. The second-order valence-electron chi connectivity index (χ2n) is 8.74. The van der Waals surface area contributed by atoms with Crippen LogP contribution in [0.25, 0.3) is 33.3 Å². The first-order valence-electron chi connectivity index (χ1n) is 11.2. The molecule has 0 aliphatic carbocycles. The molecule has 0 atom stereocenters. The van der Waals surface area contributed by atoms with E-state index >= 15 is 0 Å². The summed E-state index contributed by atoms with van der Waals surface area (Å²) in [6, 6.07) is 15.4. The highest BCUT2D eigenvalue weighted by molar-refractivity contribution is 7.15. The number of rotatable bonds is 4. The van der Waals surface area contributed by atoms with Crippen LogP contribution in [0.1, 0.15) is 30.3 Å². The monoisotopic (exact) mass is 470 g/mol. The normalized spacial score (nSPS) is 12.8. The Kier molecular flexibility index (Phi) is 4.80. The van der Waals surface area contributed by atoms with Gasteiger partial charge in [-0.2, -0.15) is 0 Å². The molecule has 0 bridgehead atoms. The Morgan fingerprint density at radius 1 is 1.09 bits per heavy atom. The second-order valence-corrected chi connectivity index (χ2v) is 9.75. The first-order valence-corrected chi connectivity index (χ1v) is 12.1. The molecule has 3 aromatic heterocycles. The number of amides is 1. The van der Waals surface area contributed by atoms with E-state index in [2.05, 4.69) is 21.6 Å². The first-order chi connectivity index (χ1) is 16.5. The van der Waals surface area contributed by atoms with Crippen molar-refractivity contribution < 1.29 is 4.79 Å². The molecule has 1 amide bonds. The quantitative estimate of drug-likeness (QED) is 0.425. The van der Waals surface area contributed by atoms with E-state index in [0.717, 1.165) is 27.2 Å². The fraction of sp³-hybridized carbons (Fsp3) is 0.240. The van der Waals surface area contributed by atoms with E-state index in [9.17, 15) is 9.59 Å². The molecule has 1 aliphatic heterocycles. The molecule has 4 heterocycles. The molecular weight excluding hydrogens is 448 g/mol. The van der Waals surface area contributed by atoms with Crippen LogP contribution in [0, 0.1) is 0 Å². The van der Waals surface area contributed by atoms with Crippen LogP contribution in [-0.4, -0.2) is 30.2 Å². The zero-order valence-corrected chi connectivity index (χ0v) is 19.6. The molecule has 8 nitrogen and oxygen atoms in total. The number of carbonyl (C=O) groups is 1. The fourth-order valence-electron chi connectivity index (χ4n) is 4.65. The Hall–Kier alpha value is -3.85. The molecule has 9 heteroatoms. The SMILES string of the molecule is CC(C)c1nnc(NC(=O)Cn2c3c(c4ccccc42)CCn2c-3nc3ccccc3c2=O)s1. The molecule has 5 aromatic rings. The molecule has 6 rings (SSSR count). The van der Waals surface area contributed by atoms with Crippen molar-refractivity contribution in [2.24, 2.45) is 0 Å². The molecule has 0 spiro atoms. The maximum absolute atomic E-state index is 13.3. The topological polar surface area (TPSA) is 94.7 Å². The van der Waals surface area contributed by atoms with Crippen LogP contribution >= 0.6 is 11.3 Å². The van der Waals surface area contributed by atoms with Crippen molar-refractivity contribution in [3.05, 3.63) is 69.5 Å². The van der Waals surface area contributed by atoms with E-state index in [0.29, 0.717) is 34.8 Å². The van der Waals surface area contributed by atoms with Crippen LogP contribution < -0.4 is 10.9 Å². The molecule has 34 heavy (non-hydrogen) atoms. The zero-order valence-electron chi connectivity index (χ0n) is 18.8. The van der Waals surface area contributed by atoms with Crippen molar-refractivity contribution in [2.75, 3.05) is 5.32 Å². The summed E-state index contributed by atoms with van der Waals surface area (Å²) >= 11 is 1.39. The maximum Gasteiger partial charge on any atom is 0.261 e. The Balaban J connectivity index is 1.48. The Morgan fingerprint density at radius 3 is 2.65 bits per heavy atom. The number of nitrogens with zero attached hydrogens (tertiary/aromatic N) is 5. The van der Waals surface area contributed by atoms with Gasteiger partial charge in [-0.05, 0) is 30.2 Å². The smallest absolute Gasteiger partial charge is 0.261 e. The molecule has 0 saturated heterocycles. The number of nitrogens with one attached hydrogen (secondary N) is 1. The summed E-state index contributed by atoms with van der Waals surface area (Å²) in [6.45, 7) is 4.72. The number of anilines is 1. The number of aromatic nitrogens is 5. The van der Waals surface area contributed by atoms with Crippen molar-refractivity contribution >= 4 is 44.2 Å². The molecule has 1 aliphatic rings. The molecular formula is C25H22N6O2S. The summed E-state index contributed by atoms with van der Waals surface area (Å²) in [5.41, 5.74) is 3.48. The standard InChI is InChI=1S/C25H22N6O2S/c1-14(2)23-28-29-25(34-23)27-20(32)13-31-19-10-6-4-7-15(19)16-11-12-30-22(21(16)31)26-18-9-5-3-8-17(18)24(30)33/h3-10,14H,11-13H2,1-2H3,(H,27,29,32). The van der Waals surface area contributed by atoms with E-state index in [-0.39, 0.29) is 23.9 Å². The summed E-state index contributed by atoms with van der Waals surface area (Å²) in [5, 5.41) is 14.2. The second kappa shape index (κ2) is 7.88. The third kappa shape index (κ3) is 3.23. The minimum Gasteiger partial charge on any atom is -0.328 e. The van der Waals surface area contributed by atoms with E-state index in [1.165, 1.54) is 11.3 Å². The van der Waals surface area contributed by atoms with Crippen LogP contribution in [0.5, 0.6) is 0 Å². The molecule has 0 radical (unpaired) electrons. The van der Waals surface area contributed by atoms with Crippen molar-refractivity contribution in [2.45, 2.75) is 39.3 Å². The molecule has 0 fully saturated rings. The van der Waals surface area contributed by atoms with Gasteiger partial charge in [0.25, 0.3) is 5.56 Å². The van der Waals surface area contributed by atoms with E-state index in [1.54, 1.807) is 4.57 Å². The highest BCUT2D eigenvalue weighted by Gasteiger charge is 2.28. The van der Waals surface area contributed by atoms with Gasteiger partial charge in [0.05, 0.1) is 16.6 Å². The lowest BCUT2D eigenvalue weighted by molar-refractivity contribution is -0.116. The van der Waals surface area contributed by atoms with Gasteiger partial charge in [0.15, 0.2) is 5.82 Å². The number of hydrogen-bond donors (Lipinski definition) is 1.